The molecule has 11 aromatic rings. The molecule has 0 aliphatic rings. The van der Waals surface area contributed by atoms with Crippen LogP contribution in [0.15, 0.2) is 173 Å². The zero-order valence-corrected chi connectivity index (χ0v) is 27.2. The van der Waals surface area contributed by atoms with Crippen LogP contribution in [-0.2, 0) is 0 Å². The van der Waals surface area contributed by atoms with Gasteiger partial charge in [0, 0.05) is 38.2 Å². The normalized spacial score (nSPS) is 11.9. The topological polar surface area (TPSA) is 57.0 Å². The molecule has 0 bridgehead atoms. The van der Waals surface area contributed by atoms with Crippen molar-refractivity contribution in [2.75, 3.05) is 0 Å². The number of nitrogens with zero attached hydrogens (tertiary/aromatic N) is 3. The van der Waals surface area contributed by atoms with Crippen LogP contribution in [0.4, 0.5) is 0 Å². The minimum atomic E-state index is 0.657. The van der Waals surface area contributed by atoms with E-state index in [0.29, 0.717) is 5.58 Å². The molecule has 5 nitrogen and oxygen atoms in total. The van der Waals surface area contributed by atoms with Gasteiger partial charge in [0.1, 0.15) is 34.3 Å². The second kappa shape index (κ2) is 10.8. The van der Waals surface area contributed by atoms with Crippen LogP contribution in [0.1, 0.15) is 0 Å². The highest BCUT2D eigenvalue weighted by Crippen LogP contribution is 2.42. The Morgan fingerprint density at radius 3 is 1.86 bits per heavy atom. The largest absolute Gasteiger partial charge is 0.456 e. The predicted octanol–water partition coefficient (Wildman–Crippen LogP) is 12.4. The van der Waals surface area contributed by atoms with Crippen LogP contribution in [0.5, 0.6) is 0 Å². The summed E-state index contributed by atoms with van der Waals surface area (Å²) >= 11 is 0. The van der Waals surface area contributed by atoms with Gasteiger partial charge >= 0.3 is 0 Å². The summed E-state index contributed by atoms with van der Waals surface area (Å²) in [6.45, 7) is 0. The Morgan fingerprint density at radius 1 is 0.431 bits per heavy atom. The number of aromatic nitrogens is 3. The minimum Gasteiger partial charge on any atom is -0.456 e. The van der Waals surface area contributed by atoms with Crippen molar-refractivity contribution in [3.8, 4) is 39.2 Å². The summed E-state index contributed by atoms with van der Waals surface area (Å²) in [5.41, 5.74) is 13.5. The van der Waals surface area contributed by atoms with E-state index in [1.54, 1.807) is 6.33 Å². The quantitative estimate of drug-likeness (QED) is 0.190. The fourth-order valence-electron chi connectivity index (χ4n) is 7.79. The number of rotatable bonds is 4. The lowest BCUT2D eigenvalue weighted by atomic mass is 9.99. The summed E-state index contributed by atoms with van der Waals surface area (Å²) < 4.78 is 15.3. The van der Waals surface area contributed by atoms with E-state index in [0.717, 1.165) is 77.5 Å². The summed E-state index contributed by atoms with van der Waals surface area (Å²) in [5.74, 6) is 0. The molecule has 51 heavy (non-hydrogen) atoms. The zero-order chi connectivity index (χ0) is 33.5. The van der Waals surface area contributed by atoms with Crippen molar-refractivity contribution in [1.29, 1.82) is 0 Å². The first-order valence-corrected chi connectivity index (χ1v) is 17.1. The molecule has 0 radical (unpaired) electrons. The smallest absolute Gasteiger partial charge is 0.180 e. The number of benzene rings is 7. The van der Waals surface area contributed by atoms with Gasteiger partial charge < -0.3 is 13.4 Å². The molecular formula is C46H27N3O2. The minimum absolute atomic E-state index is 0.657. The third-order valence-electron chi connectivity index (χ3n) is 10.1. The molecule has 0 aliphatic heterocycles. The van der Waals surface area contributed by atoms with Gasteiger partial charge in [0.25, 0.3) is 0 Å². The summed E-state index contributed by atoms with van der Waals surface area (Å²) in [5, 5.41) is 5.42. The first-order chi connectivity index (χ1) is 25.3. The number of para-hydroxylation sites is 2. The van der Waals surface area contributed by atoms with Gasteiger partial charge in [-0.1, -0.05) is 109 Å². The van der Waals surface area contributed by atoms with Crippen molar-refractivity contribution in [2.45, 2.75) is 0 Å². The molecule has 0 aliphatic carbocycles. The highest BCUT2D eigenvalue weighted by molar-refractivity contribution is 6.17. The summed E-state index contributed by atoms with van der Waals surface area (Å²) in [6, 6.07) is 55.1. The summed E-state index contributed by atoms with van der Waals surface area (Å²) in [7, 11) is 0. The fourth-order valence-corrected chi connectivity index (χ4v) is 7.79. The van der Waals surface area contributed by atoms with E-state index in [2.05, 4.69) is 138 Å². The average molecular weight is 654 g/mol. The second-order valence-electron chi connectivity index (χ2n) is 13.0. The Hall–Kier alpha value is -6.98. The molecule has 7 aromatic carbocycles. The first kappa shape index (κ1) is 27.9. The third-order valence-corrected chi connectivity index (χ3v) is 10.1. The van der Waals surface area contributed by atoms with Gasteiger partial charge in [0.15, 0.2) is 5.58 Å². The van der Waals surface area contributed by atoms with Crippen molar-refractivity contribution in [1.82, 2.24) is 14.5 Å². The molecule has 4 heterocycles. The van der Waals surface area contributed by atoms with Crippen molar-refractivity contribution in [2.24, 2.45) is 0 Å². The average Bonchev–Trinajstić information content (AvgIpc) is 3.87. The van der Waals surface area contributed by atoms with E-state index < -0.39 is 0 Å². The zero-order valence-electron chi connectivity index (χ0n) is 27.2. The number of fused-ring (bicyclic) bond motifs is 9. The number of hydrogen-bond donors (Lipinski definition) is 0. The lowest BCUT2D eigenvalue weighted by Gasteiger charge is -2.08. The lowest BCUT2D eigenvalue weighted by Crippen LogP contribution is -1.93. The fraction of sp³-hybridized carbons (Fsp3) is 0. The molecule has 0 saturated carbocycles. The van der Waals surface area contributed by atoms with Gasteiger partial charge in [0.05, 0.1) is 11.0 Å². The maximum atomic E-state index is 6.56. The van der Waals surface area contributed by atoms with Gasteiger partial charge in [0.2, 0.25) is 0 Å². The summed E-state index contributed by atoms with van der Waals surface area (Å²) in [6.07, 6.45) is 1.64. The van der Waals surface area contributed by atoms with Crippen molar-refractivity contribution < 1.29 is 8.83 Å². The van der Waals surface area contributed by atoms with Crippen LogP contribution >= 0.6 is 0 Å². The number of hydrogen-bond acceptors (Lipinski definition) is 4. The van der Waals surface area contributed by atoms with Crippen molar-refractivity contribution in [3.63, 3.8) is 0 Å². The lowest BCUT2D eigenvalue weighted by molar-refractivity contribution is 0.667. The Bertz CT molecular complexity index is 3080. The molecule has 5 heteroatoms. The van der Waals surface area contributed by atoms with E-state index in [1.165, 1.54) is 21.9 Å². The van der Waals surface area contributed by atoms with Gasteiger partial charge in [-0.25, -0.2) is 9.97 Å². The molecule has 0 amide bonds. The van der Waals surface area contributed by atoms with Gasteiger partial charge in [-0.15, -0.1) is 0 Å². The Morgan fingerprint density at radius 2 is 1.08 bits per heavy atom. The molecule has 0 unspecified atom stereocenters. The number of furan rings is 2. The maximum Gasteiger partial charge on any atom is 0.180 e. The van der Waals surface area contributed by atoms with E-state index in [1.807, 2.05) is 24.3 Å². The van der Waals surface area contributed by atoms with Gasteiger partial charge in [-0.05, 0) is 70.8 Å². The molecule has 0 spiro atoms. The highest BCUT2D eigenvalue weighted by atomic mass is 16.3. The molecule has 4 aromatic heterocycles. The van der Waals surface area contributed by atoms with E-state index in [9.17, 15) is 0 Å². The predicted molar refractivity (Wildman–Crippen MR) is 207 cm³/mol. The second-order valence-corrected chi connectivity index (χ2v) is 13.0. The van der Waals surface area contributed by atoms with Crippen LogP contribution in [-0.4, -0.2) is 14.5 Å². The molecule has 0 atom stereocenters. The van der Waals surface area contributed by atoms with Crippen LogP contribution in [0.25, 0.3) is 105 Å². The van der Waals surface area contributed by atoms with Crippen LogP contribution in [0.2, 0.25) is 0 Å². The molecule has 0 N–H and O–H groups in total. The van der Waals surface area contributed by atoms with Crippen LogP contribution in [0, 0.1) is 0 Å². The monoisotopic (exact) mass is 653 g/mol. The molecule has 0 saturated heterocycles. The summed E-state index contributed by atoms with van der Waals surface area (Å²) in [4.78, 5) is 9.58. The first-order valence-electron chi connectivity index (χ1n) is 17.1. The SMILES string of the molecule is c1ccc(-c2ccc(-c3ccc4oc5c(-c6cccc7oc8ccc(-n9c%10ccccc%10c%10ccccc%109)cc8c67)ncnc5c4c3)cc2)cc1. The molecule has 0 fully saturated rings. The maximum absolute atomic E-state index is 6.56. The van der Waals surface area contributed by atoms with Gasteiger partial charge in [-0.3, -0.25) is 0 Å². The van der Waals surface area contributed by atoms with E-state index >= 15 is 0 Å². The Labute approximate surface area is 291 Å². The highest BCUT2D eigenvalue weighted by Gasteiger charge is 2.21. The molecule has 238 valence electrons. The van der Waals surface area contributed by atoms with E-state index in [4.69, 9.17) is 18.8 Å². The van der Waals surface area contributed by atoms with Crippen molar-refractivity contribution >= 4 is 65.8 Å². The van der Waals surface area contributed by atoms with E-state index in [-0.39, 0.29) is 0 Å². The van der Waals surface area contributed by atoms with Crippen LogP contribution < -0.4 is 0 Å². The van der Waals surface area contributed by atoms with Crippen molar-refractivity contribution in [3.05, 3.63) is 164 Å². The van der Waals surface area contributed by atoms with Gasteiger partial charge in [-0.2, -0.15) is 0 Å². The van der Waals surface area contributed by atoms with Crippen LogP contribution in [0.3, 0.4) is 0 Å². The molecule has 11 rings (SSSR count). The molecular weight excluding hydrogens is 627 g/mol. The Kier molecular flexibility index (Phi) is 5.89. The standard InChI is InChI=1S/C46H27N3O2/c1-2-9-28(10-3-1)29-17-19-30(20-18-29)31-21-23-41-37(25-31)45-46(51-41)44(47-27-48-45)35-13-8-16-42-43(35)36-26-32(22-24-40(36)50-42)49-38-14-6-4-11-33(38)34-12-5-7-15-39(34)49/h1-27H. The third kappa shape index (κ3) is 4.22. The Balaban J connectivity index is 1.07.